The minimum absolute atomic E-state index is 0.197. The van der Waals surface area contributed by atoms with Crippen LogP contribution in [-0.4, -0.2) is 395 Å². The van der Waals surface area contributed by atoms with Gasteiger partial charge >= 0.3 is 7.82 Å². The van der Waals surface area contributed by atoms with Crippen LogP contribution in [0.2, 0.25) is 0 Å². The van der Waals surface area contributed by atoms with Gasteiger partial charge in [-0.2, -0.15) is 12.6 Å². The molecule has 1 aliphatic carbocycles. The summed E-state index contributed by atoms with van der Waals surface area (Å²) >= 11 is 4.13. The van der Waals surface area contributed by atoms with Crippen LogP contribution < -0.4 is 0 Å². The van der Waals surface area contributed by atoms with Crippen LogP contribution in [0.5, 0.6) is 0 Å². The predicted molar refractivity (Wildman–Crippen MR) is 279 cm³/mol. The van der Waals surface area contributed by atoms with Gasteiger partial charge in [0, 0.05) is 0 Å². The number of aliphatic hydroxyl groups is 23. The van der Waals surface area contributed by atoms with Gasteiger partial charge in [-0.25, -0.2) is 4.57 Å². The number of phosphoric ester groups is 1. The molecule has 6 aliphatic heterocycles. The zero-order valence-corrected chi connectivity index (χ0v) is 48.8. The molecule has 1 unspecified atom stereocenters. The summed E-state index contributed by atoms with van der Waals surface area (Å²) in [6.07, 6.45) is -73.2. The van der Waals surface area contributed by atoms with Crippen molar-refractivity contribution >= 4 is 20.5 Å². The molecule has 6 saturated heterocycles. The van der Waals surface area contributed by atoms with Crippen LogP contribution in [0.15, 0.2) is 0 Å². The lowest BCUT2D eigenvalue weighted by Gasteiger charge is -2.49. The molecular weight excluding hydrogens is 1260 g/mol. The fourth-order valence-electron chi connectivity index (χ4n) is 10.9. The SMILES string of the molecule is O=P(O)(OCCCCCCS)O[C@@H]1[C@H](O[C@H]2O[C@H](CO)[C@@H](O)[C@H](O)[C@@H]2O)[C@H](O)[C@@H](O)[C@H](O)[C@H]1O[C@H]1O[C@H](CO[C@H]2O[C@H](CO[C@H]3O[C@H](CO)[C@@H](O)[C@H](O)[C@@H]3O[C@H]3O[C@H](CO)[C@@H](O)[C@H](O)[C@@H]3O[C@H]3O[C@H](CO)[C@@H](O)[C@H](O)[C@@H]3O)[C@@H](O)[C@H](O)[C@@H]2O)[C@@H](O)[C@H](O)[C@@H]1O. The minimum Gasteiger partial charge on any atom is -0.394 e. The monoisotopic (exact) mass is 1350 g/mol. The highest BCUT2D eigenvalue weighted by molar-refractivity contribution is 7.80. The maximum absolute atomic E-state index is 13.6. The van der Waals surface area contributed by atoms with Crippen LogP contribution in [-0.2, 0) is 70.5 Å². The van der Waals surface area contributed by atoms with Crippen LogP contribution >= 0.6 is 20.5 Å². The zero-order valence-electron chi connectivity index (χ0n) is 47.0. The van der Waals surface area contributed by atoms with Gasteiger partial charge in [0.1, 0.15) is 183 Å². The molecule has 24 N–H and O–H groups in total. The maximum Gasteiger partial charge on any atom is 0.472 e. The van der Waals surface area contributed by atoms with Gasteiger partial charge in [0.15, 0.2) is 37.7 Å². The fraction of sp³-hybridized carbons (Fsp3) is 1.00. The minimum atomic E-state index is -5.40. The van der Waals surface area contributed by atoms with Crippen LogP contribution in [0.25, 0.3) is 0 Å². The van der Waals surface area contributed by atoms with E-state index < -0.39 is 275 Å². The fourth-order valence-corrected chi connectivity index (χ4v) is 12.1. The van der Waals surface area contributed by atoms with Crippen molar-refractivity contribution in [2.24, 2.45) is 0 Å². The topological polar surface area (TPSA) is 632 Å². The molecule has 0 spiro atoms. The van der Waals surface area contributed by atoms with Crippen molar-refractivity contribution in [1.29, 1.82) is 0 Å². The molecular formula is C48H85O39PS. The van der Waals surface area contributed by atoms with Crippen LogP contribution in [0.4, 0.5) is 0 Å². The normalized spacial score (nSPS) is 49.9. The molecule has 0 aromatic heterocycles. The molecule has 0 radical (unpaired) electrons. The van der Waals surface area contributed by atoms with Gasteiger partial charge in [0.2, 0.25) is 0 Å². The van der Waals surface area contributed by atoms with Gasteiger partial charge in [0.25, 0.3) is 0 Å². The molecule has 522 valence electrons. The lowest BCUT2D eigenvalue weighted by Crippen LogP contribution is -2.69. The van der Waals surface area contributed by atoms with E-state index in [-0.39, 0.29) is 6.42 Å². The first-order valence-electron chi connectivity index (χ1n) is 28.5. The Kier molecular flexibility index (Phi) is 28.3. The molecule has 0 aromatic rings. The lowest BCUT2D eigenvalue weighted by atomic mass is 9.84. The number of aliphatic hydroxyl groups excluding tert-OH is 23. The predicted octanol–water partition coefficient (Wildman–Crippen LogP) is -14.3. The van der Waals surface area contributed by atoms with Crippen LogP contribution in [0, 0.1) is 0 Å². The third-order valence-corrected chi connectivity index (χ3v) is 17.6. The Hall–Kier alpha value is -0.940. The molecule has 37 atom stereocenters. The summed E-state index contributed by atoms with van der Waals surface area (Å²) in [6, 6.07) is 0. The van der Waals surface area contributed by atoms with Crippen LogP contribution in [0.1, 0.15) is 25.7 Å². The number of rotatable bonds is 27. The Balaban J connectivity index is 1.07. The van der Waals surface area contributed by atoms with Crippen molar-refractivity contribution in [3.63, 3.8) is 0 Å². The highest BCUT2D eigenvalue weighted by Crippen LogP contribution is 2.49. The Bertz CT molecular complexity index is 2160. The molecule has 7 fully saturated rings. The Morgan fingerprint density at radius 3 is 1.03 bits per heavy atom. The Labute approximate surface area is 510 Å². The van der Waals surface area contributed by atoms with Gasteiger partial charge in [0.05, 0.1) is 46.2 Å². The molecule has 0 aromatic carbocycles. The number of ether oxygens (including phenoxy) is 12. The summed E-state index contributed by atoms with van der Waals surface area (Å²) in [5, 5.41) is 247. The smallest absolute Gasteiger partial charge is 0.394 e. The van der Waals surface area contributed by atoms with Gasteiger partial charge in [-0.05, 0) is 18.6 Å². The molecule has 0 amide bonds. The number of hydrogen-bond donors (Lipinski definition) is 25. The summed E-state index contributed by atoms with van der Waals surface area (Å²) in [5.74, 6) is 0.553. The molecule has 0 bridgehead atoms. The van der Waals surface area contributed by atoms with Crippen molar-refractivity contribution < 1.29 is 193 Å². The van der Waals surface area contributed by atoms with E-state index in [1.165, 1.54) is 0 Å². The summed E-state index contributed by atoms with van der Waals surface area (Å²) in [7, 11) is -5.40. The second-order valence-electron chi connectivity index (χ2n) is 22.4. The number of thiol groups is 1. The first-order chi connectivity index (χ1) is 42.1. The molecule has 41 heteroatoms. The first-order valence-corrected chi connectivity index (χ1v) is 30.6. The van der Waals surface area contributed by atoms with Crippen molar-refractivity contribution in [2.45, 2.75) is 247 Å². The number of hydrogen-bond acceptors (Lipinski definition) is 39. The zero-order chi connectivity index (χ0) is 65.7. The van der Waals surface area contributed by atoms with Crippen LogP contribution in [0.3, 0.4) is 0 Å². The summed E-state index contributed by atoms with van der Waals surface area (Å²) < 4.78 is 92.1. The third-order valence-electron chi connectivity index (χ3n) is 16.3. The number of phosphoric acid groups is 1. The highest BCUT2D eigenvalue weighted by atomic mass is 32.1. The van der Waals surface area contributed by atoms with E-state index in [9.17, 15) is 127 Å². The molecule has 7 aliphatic rings. The quantitative estimate of drug-likeness (QED) is 0.0206. The number of unbranched alkanes of at least 4 members (excludes halogenated alkanes) is 3. The van der Waals surface area contributed by atoms with Gasteiger partial charge in [-0.1, -0.05) is 12.8 Å². The van der Waals surface area contributed by atoms with Crippen molar-refractivity contribution in [2.75, 3.05) is 52.0 Å². The van der Waals surface area contributed by atoms with E-state index in [1.54, 1.807) is 0 Å². The average molecular weight is 1350 g/mol. The second kappa shape index (κ2) is 33.3. The molecule has 89 heavy (non-hydrogen) atoms. The molecule has 39 nitrogen and oxygen atoms in total. The summed E-state index contributed by atoms with van der Waals surface area (Å²) in [4.78, 5) is 11.0. The van der Waals surface area contributed by atoms with Gasteiger partial charge in [-0.15, -0.1) is 0 Å². The van der Waals surface area contributed by atoms with Crippen molar-refractivity contribution in [3.8, 4) is 0 Å². The molecule has 6 heterocycles. The van der Waals surface area contributed by atoms with E-state index >= 15 is 0 Å². The third kappa shape index (κ3) is 17.3. The molecule has 1 saturated carbocycles. The highest BCUT2D eigenvalue weighted by Gasteiger charge is 2.60. The largest absolute Gasteiger partial charge is 0.472 e. The lowest BCUT2D eigenvalue weighted by molar-refractivity contribution is -0.396. The summed E-state index contributed by atoms with van der Waals surface area (Å²) in [5.41, 5.74) is 0. The van der Waals surface area contributed by atoms with E-state index in [4.69, 9.17) is 65.9 Å². The van der Waals surface area contributed by atoms with Gasteiger partial charge < -0.3 is 179 Å². The van der Waals surface area contributed by atoms with E-state index in [0.717, 1.165) is 0 Å². The Morgan fingerprint density at radius 1 is 0.315 bits per heavy atom. The molecule has 7 rings (SSSR count). The second-order valence-corrected chi connectivity index (χ2v) is 24.2. The van der Waals surface area contributed by atoms with Crippen molar-refractivity contribution in [1.82, 2.24) is 0 Å². The van der Waals surface area contributed by atoms with E-state index in [1.807, 2.05) is 0 Å². The standard InChI is InChI=1S/C48H85O39PS/c49-7-13-19(53)25(59)35(69)44(77-13)83-38-32(66)29(63)33(67)39(42(38)87-88(72,73)76-5-3-1-2-4-6-89)84-46-37(71)28(62)24(58)18(82-46)11-74-43-34(68)27(61)23(57)17(81-43)12-75-47-40(30(64)21(55)15(9-51)79-47)86-48-41(31(65)22(56)16(10-52)80-48)85-45-36(70)26(60)20(54)14(8-50)78-45/h13-71,89H,1-12H2,(H,72,73)/t13-,14-,15-,16-,17-,18-,19-,20-,21-,22-,23-,24-,25+,26+,27+,28+,29-,30+,31+,32-,33+,34+,35+,36+,37+,38-,39-,40+,41+,42-,43+,44-,45-,46-,47+,48-/m1/s1. The maximum atomic E-state index is 13.6. The van der Waals surface area contributed by atoms with Gasteiger partial charge in [-0.3, -0.25) is 9.05 Å². The average Bonchev–Trinajstić information content (AvgIpc) is 0.833. The first kappa shape index (κ1) is 75.4. The van der Waals surface area contributed by atoms with E-state index in [0.29, 0.717) is 25.0 Å². The van der Waals surface area contributed by atoms with E-state index in [2.05, 4.69) is 12.6 Å². The Morgan fingerprint density at radius 2 is 0.607 bits per heavy atom. The van der Waals surface area contributed by atoms with Crippen molar-refractivity contribution in [3.05, 3.63) is 0 Å². The summed E-state index contributed by atoms with van der Waals surface area (Å²) in [6.45, 7) is -6.35.